The van der Waals surface area contributed by atoms with E-state index in [0.717, 1.165) is 11.1 Å². The lowest BCUT2D eigenvalue weighted by atomic mass is 10.1. The predicted molar refractivity (Wildman–Crippen MR) is 160 cm³/mol. The van der Waals surface area contributed by atoms with Gasteiger partial charge in [0.25, 0.3) is 17.5 Å². The molecule has 0 aliphatic rings. The summed E-state index contributed by atoms with van der Waals surface area (Å²) in [5.74, 6) is -0.115. The molecule has 0 radical (unpaired) electrons. The Morgan fingerprint density at radius 1 is 1.05 bits per heavy atom. The summed E-state index contributed by atoms with van der Waals surface area (Å²) >= 11 is 12.1. The standard InChI is InChI=1S/C30H26Cl2N4O6/c1-18-8-10-22(36(39)40)16-24(18)27-13-11-23(42-27)17-33-35-30(38)26(14-20-6-4-3-5-7-20)34-29(37)19(2)41-28-12-9-21(31)15-25(28)32/h3-13,15-17,19,26H,14H2,1-2H3,(H,34,37)(H,35,38)/b33-17-/t19-,26-/m1/s1. The maximum absolute atomic E-state index is 13.1. The zero-order valence-corrected chi connectivity index (χ0v) is 24.1. The molecular formula is C30H26Cl2N4O6. The number of benzene rings is 3. The van der Waals surface area contributed by atoms with Crippen LogP contribution in [0, 0.1) is 17.0 Å². The van der Waals surface area contributed by atoms with Crippen molar-refractivity contribution in [3.8, 4) is 17.1 Å². The highest BCUT2D eigenvalue weighted by Crippen LogP contribution is 2.29. The Morgan fingerprint density at radius 3 is 2.52 bits per heavy atom. The third-order valence-corrected chi connectivity index (χ3v) is 6.70. The molecule has 0 saturated heterocycles. The number of ether oxygens (including phenoxy) is 1. The lowest BCUT2D eigenvalue weighted by Gasteiger charge is -2.21. The van der Waals surface area contributed by atoms with Crippen molar-refractivity contribution in [1.29, 1.82) is 0 Å². The maximum Gasteiger partial charge on any atom is 0.270 e. The number of carbonyl (C=O) groups excluding carboxylic acids is 2. The lowest BCUT2D eigenvalue weighted by Crippen LogP contribution is -2.50. The number of nitrogens with zero attached hydrogens (tertiary/aromatic N) is 2. The first-order chi connectivity index (χ1) is 20.1. The van der Waals surface area contributed by atoms with Crippen LogP contribution in [0.1, 0.15) is 23.8 Å². The normalized spacial score (nSPS) is 12.5. The number of nitro benzene ring substituents is 1. The van der Waals surface area contributed by atoms with Crippen molar-refractivity contribution < 1.29 is 23.7 Å². The Balaban J connectivity index is 1.44. The van der Waals surface area contributed by atoms with E-state index in [1.807, 2.05) is 37.3 Å². The highest BCUT2D eigenvalue weighted by Gasteiger charge is 2.25. The van der Waals surface area contributed by atoms with Crippen LogP contribution in [0.15, 0.2) is 88.4 Å². The summed E-state index contributed by atoms with van der Waals surface area (Å²) in [7, 11) is 0. The summed E-state index contributed by atoms with van der Waals surface area (Å²) in [6.07, 6.45) is 0.514. The SMILES string of the molecule is Cc1ccc([N+](=O)[O-])cc1-c1ccc(/C=N\NC(=O)[C@@H](Cc2ccccc2)NC(=O)[C@@H](C)Oc2ccc(Cl)cc2Cl)o1. The van der Waals surface area contributed by atoms with Crippen molar-refractivity contribution in [2.45, 2.75) is 32.4 Å². The molecule has 12 heteroatoms. The third-order valence-electron chi connectivity index (χ3n) is 6.17. The number of non-ortho nitro benzene ring substituents is 1. The monoisotopic (exact) mass is 608 g/mol. The van der Waals surface area contributed by atoms with Gasteiger partial charge in [-0.05, 0) is 55.3 Å². The average Bonchev–Trinajstić information content (AvgIpc) is 3.43. The van der Waals surface area contributed by atoms with Crippen molar-refractivity contribution in [3.63, 3.8) is 0 Å². The number of amides is 2. The van der Waals surface area contributed by atoms with E-state index in [0.29, 0.717) is 22.1 Å². The highest BCUT2D eigenvalue weighted by molar-refractivity contribution is 6.35. The molecular weight excluding hydrogens is 583 g/mol. The van der Waals surface area contributed by atoms with Gasteiger partial charge in [0.1, 0.15) is 23.3 Å². The number of nitro groups is 1. The van der Waals surface area contributed by atoms with Gasteiger partial charge < -0.3 is 14.5 Å². The average molecular weight is 609 g/mol. The lowest BCUT2D eigenvalue weighted by molar-refractivity contribution is -0.384. The number of furan rings is 1. The molecule has 1 heterocycles. The number of hydrogen-bond donors (Lipinski definition) is 2. The van der Waals surface area contributed by atoms with Gasteiger partial charge in [0.2, 0.25) is 0 Å². The summed E-state index contributed by atoms with van der Waals surface area (Å²) in [6.45, 7) is 3.35. The molecule has 0 aliphatic heterocycles. The molecule has 3 aromatic carbocycles. The van der Waals surface area contributed by atoms with Crippen molar-refractivity contribution >= 4 is 46.9 Å². The summed E-state index contributed by atoms with van der Waals surface area (Å²) in [5, 5.41) is 18.5. The number of rotatable bonds is 11. The molecule has 0 spiro atoms. The highest BCUT2D eigenvalue weighted by atomic mass is 35.5. The topological polar surface area (TPSA) is 136 Å². The molecule has 2 N–H and O–H groups in total. The van der Waals surface area contributed by atoms with E-state index in [9.17, 15) is 19.7 Å². The Morgan fingerprint density at radius 2 is 1.81 bits per heavy atom. The van der Waals surface area contributed by atoms with Crippen LogP contribution in [-0.4, -0.2) is 35.1 Å². The van der Waals surface area contributed by atoms with Gasteiger partial charge >= 0.3 is 0 Å². The van der Waals surface area contributed by atoms with Gasteiger partial charge in [-0.2, -0.15) is 5.10 Å². The number of hydrogen-bond acceptors (Lipinski definition) is 7. The van der Waals surface area contributed by atoms with E-state index in [-0.39, 0.29) is 22.9 Å². The molecule has 0 aliphatic carbocycles. The van der Waals surface area contributed by atoms with E-state index in [2.05, 4.69) is 15.8 Å². The molecule has 4 aromatic rings. The Hall–Kier alpha value is -4.67. The van der Waals surface area contributed by atoms with Crippen molar-refractivity contribution in [3.05, 3.63) is 116 Å². The molecule has 42 heavy (non-hydrogen) atoms. The molecule has 2 amide bonds. The molecule has 0 unspecified atom stereocenters. The van der Waals surface area contributed by atoms with E-state index < -0.39 is 28.9 Å². The zero-order valence-electron chi connectivity index (χ0n) is 22.5. The van der Waals surface area contributed by atoms with Crippen molar-refractivity contribution in [2.24, 2.45) is 5.10 Å². The molecule has 1 aromatic heterocycles. The van der Waals surface area contributed by atoms with Crippen LogP contribution in [0.2, 0.25) is 10.0 Å². The molecule has 0 bridgehead atoms. The van der Waals surface area contributed by atoms with Crippen LogP contribution >= 0.6 is 23.2 Å². The first-order valence-corrected chi connectivity index (χ1v) is 13.5. The quantitative estimate of drug-likeness (QED) is 0.120. The van der Waals surface area contributed by atoms with Crippen LogP contribution < -0.4 is 15.5 Å². The summed E-state index contributed by atoms with van der Waals surface area (Å²) in [4.78, 5) is 36.8. The van der Waals surface area contributed by atoms with E-state index >= 15 is 0 Å². The molecule has 10 nitrogen and oxygen atoms in total. The molecule has 0 fully saturated rings. The summed E-state index contributed by atoms with van der Waals surface area (Å²) in [5.41, 5.74) is 4.55. The van der Waals surface area contributed by atoms with E-state index in [1.165, 1.54) is 31.3 Å². The smallest absolute Gasteiger partial charge is 0.270 e. The number of halogens is 2. The largest absolute Gasteiger partial charge is 0.479 e. The van der Waals surface area contributed by atoms with E-state index in [4.69, 9.17) is 32.4 Å². The van der Waals surface area contributed by atoms with Crippen LogP contribution in [0.25, 0.3) is 11.3 Å². The number of aryl methyl sites for hydroxylation is 1. The van der Waals surface area contributed by atoms with Crippen LogP contribution in [0.3, 0.4) is 0 Å². The van der Waals surface area contributed by atoms with Gasteiger partial charge in [-0.3, -0.25) is 19.7 Å². The number of nitrogens with one attached hydrogen (secondary N) is 2. The van der Waals surface area contributed by atoms with Gasteiger partial charge in [0.05, 0.1) is 16.2 Å². The second-order valence-corrected chi connectivity index (χ2v) is 10.1. The van der Waals surface area contributed by atoms with Gasteiger partial charge in [-0.1, -0.05) is 59.6 Å². The second kappa shape index (κ2) is 13.8. The Kier molecular flexibility index (Phi) is 9.95. The fraction of sp³-hybridized carbons (Fsp3) is 0.167. The van der Waals surface area contributed by atoms with Crippen LogP contribution in [-0.2, 0) is 16.0 Å². The fourth-order valence-electron chi connectivity index (χ4n) is 3.96. The molecule has 216 valence electrons. The second-order valence-electron chi connectivity index (χ2n) is 9.28. The minimum Gasteiger partial charge on any atom is -0.479 e. The first-order valence-electron chi connectivity index (χ1n) is 12.7. The molecule has 2 atom stereocenters. The molecule has 0 saturated carbocycles. The van der Waals surface area contributed by atoms with Gasteiger partial charge in [-0.15, -0.1) is 0 Å². The molecule has 4 rings (SSSR count). The Bertz CT molecular complexity index is 1620. The predicted octanol–water partition coefficient (Wildman–Crippen LogP) is 6.12. The minimum absolute atomic E-state index is 0.0584. The first kappa shape index (κ1) is 30.3. The van der Waals surface area contributed by atoms with Crippen LogP contribution in [0.5, 0.6) is 5.75 Å². The minimum atomic E-state index is -0.983. The van der Waals surface area contributed by atoms with Crippen molar-refractivity contribution in [2.75, 3.05) is 0 Å². The number of carbonyl (C=O) groups is 2. The van der Waals surface area contributed by atoms with Gasteiger partial charge in [0, 0.05) is 29.1 Å². The fourth-order valence-corrected chi connectivity index (χ4v) is 4.41. The summed E-state index contributed by atoms with van der Waals surface area (Å²) in [6, 6.07) is 20.6. The number of hydrazone groups is 1. The maximum atomic E-state index is 13.1. The summed E-state index contributed by atoms with van der Waals surface area (Å²) < 4.78 is 11.4. The zero-order chi connectivity index (χ0) is 30.2. The third kappa shape index (κ3) is 7.96. The van der Waals surface area contributed by atoms with Gasteiger partial charge in [-0.25, -0.2) is 5.43 Å². The van der Waals surface area contributed by atoms with E-state index in [1.54, 1.807) is 30.3 Å². The van der Waals surface area contributed by atoms with Crippen LogP contribution in [0.4, 0.5) is 5.69 Å². The Labute approximate surface area is 251 Å². The van der Waals surface area contributed by atoms with Gasteiger partial charge in [0.15, 0.2) is 6.10 Å². The van der Waals surface area contributed by atoms with Crippen molar-refractivity contribution in [1.82, 2.24) is 10.7 Å².